The van der Waals surface area contributed by atoms with E-state index < -0.39 is 11.7 Å². The maximum Gasteiger partial charge on any atom is 0.266 e. The van der Waals surface area contributed by atoms with Gasteiger partial charge in [-0.15, -0.1) is 6.58 Å². The molecule has 3 aromatic rings. The Labute approximate surface area is 150 Å². The first-order valence-corrected chi connectivity index (χ1v) is 8.00. The van der Waals surface area contributed by atoms with Crippen molar-refractivity contribution < 1.29 is 9.18 Å². The Morgan fingerprint density at radius 2 is 1.96 bits per heavy atom. The van der Waals surface area contributed by atoms with E-state index in [0.717, 1.165) is 16.5 Å². The van der Waals surface area contributed by atoms with Gasteiger partial charge in [0.2, 0.25) is 0 Å². The van der Waals surface area contributed by atoms with E-state index in [1.165, 1.54) is 24.3 Å². The molecule has 0 aliphatic carbocycles. The van der Waals surface area contributed by atoms with Gasteiger partial charge in [0.15, 0.2) is 0 Å². The van der Waals surface area contributed by atoms with Crippen LogP contribution in [0.4, 0.5) is 10.1 Å². The SMILES string of the molecule is C=CCn1cc(/C=C(/C#N)C(=O)Nc2ccccc2F)c2ccccc21. The third kappa shape index (κ3) is 3.40. The number of aromatic nitrogens is 1. The molecule has 5 heteroatoms. The van der Waals surface area contributed by atoms with Crippen molar-refractivity contribution in [2.45, 2.75) is 6.54 Å². The van der Waals surface area contributed by atoms with Crippen LogP contribution in [-0.2, 0) is 11.3 Å². The third-order valence-electron chi connectivity index (χ3n) is 3.93. The van der Waals surface area contributed by atoms with E-state index in [9.17, 15) is 14.4 Å². The van der Waals surface area contributed by atoms with Gasteiger partial charge in [0.1, 0.15) is 17.5 Å². The van der Waals surface area contributed by atoms with E-state index in [-0.39, 0.29) is 11.3 Å². The van der Waals surface area contributed by atoms with Gasteiger partial charge >= 0.3 is 0 Å². The number of allylic oxidation sites excluding steroid dienone is 1. The molecule has 0 spiro atoms. The van der Waals surface area contributed by atoms with Crippen molar-refractivity contribution in [3.05, 3.63) is 84.3 Å². The molecule has 1 heterocycles. The highest BCUT2D eigenvalue weighted by atomic mass is 19.1. The average Bonchev–Trinajstić information content (AvgIpc) is 2.99. The van der Waals surface area contributed by atoms with Gasteiger partial charge in [0.25, 0.3) is 5.91 Å². The highest BCUT2D eigenvalue weighted by molar-refractivity contribution is 6.10. The van der Waals surface area contributed by atoms with Crippen LogP contribution in [0.1, 0.15) is 5.56 Å². The van der Waals surface area contributed by atoms with Crippen molar-refractivity contribution >= 4 is 28.6 Å². The molecule has 2 aromatic carbocycles. The minimum absolute atomic E-state index is 0.0349. The van der Waals surface area contributed by atoms with Crippen molar-refractivity contribution in [1.82, 2.24) is 4.57 Å². The van der Waals surface area contributed by atoms with Gasteiger partial charge in [-0.2, -0.15) is 5.26 Å². The summed E-state index contributed by atoms with van der Waals surface area (Å²) in [6.45, 7) is 4.35. The van der Waals surface area contributed by atoms with Gasteiger partial charge in [-0.3, -0.25) is 4.79 Å². The Morgan fingerprint density at radius 3 is 2.69 bits per heavy atom. The molecule has 0 atom stereocenters. The highest BCUT2D eigenvalue weighted by Gasteiger charge is 2.13. The van der Waals surface area contributed by atoms with E-state index in [4.69, 9.17) is 0 Å². The van der Waals surface area contributed by atoms with Gasteiger partial charge in [-0.25, -0.2) is 4.39 Å². The summed E-state index contributed by atoms with van der Waals surface area (Å²) in [6.07, 6.45) is 5.15. The molecule has 1 N–H and O–H groups in total. The van der Waals surface area contributed by atoms with Gasteiger partial charge in [0.05, 0.1) is 5.69 Å². The number of carbonyl (C=O) groups is 1. The van der Waals surface area contributed by atoms with Crippen LogP contribution in [0, 0.1) is 17.1 Å². The Morgan fingerprint density at radius 1 is 1.23 bits per heavy atom. The zero-order chi connectivity index (χ0) is 18.5. The second-order valence-corrected chi connectivity index (χ2v) is 5.65. The molecule has 4 nitrogen and oxygen atoms in total. The molecular formula is C21H16FN3O. The molecule has 3 rings (SSSR count). The summed E-state index contributed by atoms with van der Waals surface area (Å²) in [5, 5.41) is 12.7. The fourth-order valence-electron chi connectivity index (χ4n) is 2.74. The lowest BCUT2D eigenvalue weighted by molar-refractivity contribution is -0.112. The number of nitrogens with one attached hydrogen (secondary N) is 1. The maximum absolute atomic E-state index is 13.7. The molecule has 1 amide bonds. The molecule has 0 bridgehead atoms. The number of hydrogen-bond acceptors (Lipinski definition) is 2. The quantitative estimate of drug-likeness (QED) is 0.420. The molecule has 0 unspecified atom stereocenters. The molecule has 0 saturated heterocycles. The Kier molecular flexibility index (Phi) is 4.95. The van der Waals surface area contributed by atoms with Gasteiger partial charge in [0, 0.05) is 29.2 Å². The monoisotopic (exact) mass is 345 g/mol. The smallest absolute Gasteiger partial charge is 0.266 e. The van der Waals surface area contributed by atoms with Crippen LogP contribution >= 0.6 is 0 Å². The Bertz CT molecular complexity index is 1060. The molecule has 1 aromatic heterocycles. The largest absolute Gasteiger partial charge is 0.343 e. The zero-order valence-electron chi connectivity index (χ0n) is 13.9. The molecule has 0 aliphatic rings. The zero-order valence-corrected chi connectivity index (χ0v) is 13.9. The predicted molar refractivity (Wildman–Crippen MR) is 101 cm³/mol. The number of anilines is 1. The summed E-state index contributed by atoms with van der Waals surface area (Å²) in [5.74, 6) is -1.21. The molecule has 26 heavy (non-hydrogen) atoms. The van der Waals surface area contributed by atoms with Crippen molar-refractivity contribution in [2.75, 3.05) is 5.32 Å². The number of nitriles is 1. The first-order valence-electron chi connectivity index (χ1n) is 8.00. The van der Waals surface area contributed by atoms with E-state index in [2.05, 4.69) is 11.9 Å². The lowest BCUT2D eigenvalue weighted by Gasteiger charge is -2.05. The minimum atomic E-state index is -0.654. The molecule has 0 fully saturated rings. The Hall–Kier alpha value is -3.65. The highest BCUT2D eigenvalue weighted by Crippen LogP contribution is 2.24. The van der Waals surface area contributed by atoms with Crippen LogP contribution < -0.4 is 5.32 Å². The summed E-state index contributed by atoms with van der Waals surface area (Å²) in [5.41, 5.74) is 1.65. The first kappa shape index (κ1) is 17.2. The lowest BCUT2D eigenvalue weighted by atomic mass is 10.1. The van der Waals surface area contributed by atoms with Gasteiger partial charge < -0.3 is 9.88 Å². The number of rotatable bonds is 5. The van der Waals surface area contributed by atoms with E-state index in [1.807, 2.05) is 41.1 Å². The number of fused-ring (bicyclic) bond motifs is 1. The number of amides is 1. The van der Waals surface area contributed by atoms with E-state index in [0.29, 0.717) is 6.54 Å². The normalized spacial score (nSPS) is 11.2. The first-order chi connectivity index (χ1) is 12.6. The van der Waals surface area contributed by atoms with E-state index in [1.54, 1.807) is 12.1 Å². The number of carbonyl (C=O) groups excluding carboxylic acids is 1. The van der Waals surface area contributed by atoms with E-state index >= 15 is 0 Å². The number of nitrogens with zero attached hydrogens (tertiary/aromatic N) is 2. The summed E-state index contributed by atoms with van der Waals surface area (Å²) < 4.78 is 15.7. The van der Waals surface area contributed by atoms with Crippen molar-refractivity contribution in [3.63, 3.8) is 0 Å². The Balaban J connectivity index is 1.98. The van der Waals surface area contributed by atoms with Crippen LogP contribution in [0.3, 0.4) is 0 Å². The van der Waals surface area contributed by atoms with Crippen LogP contribution in [0.5, 0.6) is 0 Å². The predicted octanol–water partition coefficient (Wildman–Crippen LogP) is 4.51. The van der Waals surface area contributed by atoms with Crippen LogP contribution in [0.15, 0.2) is 73.0 Å². The molecule has 0 aliphatic heterocycles. The second-order valence-electron chi connectivity index (χ2n) is 5.65. The fraction of sp³-hybridized carbons (Fsp3) is 0.0476. The molecule has 128 valence electrons. The van der Waals surface area contributed by atoms with Crippen LogP contribution in [0.2, 0.25) is 0 Å². The topological polar surface area (TPSA) is 57.8 Å². The summed E-state index contributed by atoms with van der Waals surface area (Å²) in [4.78, 5) is 12.4. The number of halogens is 1. The van der Waals surface area contributed by atoms with Crippen molar-refractivity contribution in [1.29, 1.82) is 5.26 Å². The van der Waals surface area contributed by atoms with Gasteiger partial charge in [-0.1, -0.05) is 36.4 Å². The number of hydrogen-bond donors (Lipinski definition) is 1. The fourth-order valence-corrected chi connectivity index (χ4v) is 2.74. The van der Waals surface area contributed by atoms with Crippen molar-refractivity contribution in [3.8, 4) is 6.07 Å². The van der Waals surface area contributed by atoms with Crippen LogP contribution in [0.25, 0.3) is 17.0 Å². The standard InChI is InChI=1S/C21H16FN3O/c1-2-11-25-14-16(17-7-3-6-10-20(17)25)12-15(13-23)21(26)24-19-9-5-4-8-18(19)22/h2-10,12,14H,1,11H2,(H,24,26)/b15-12-. The summed E-state index contributed by atoms with van der Waals surface area (Å²) >= 11 is 0. The maximum atomic E-state index is 13.7. The van der Waals surface area contributed by atoms with Crippen molar-refractivity contribution in [2.24, 2.45) is 0 Å². The number of benzene rings is 2. The molecule has 0 radical (unpaired) electrons. The minimum Gasteiger partial charge on any atom is -0.343 e. The third-order valence-corrected chi connectivity index (χ3v) is 3.93. The molecule has 0 saturated carbocycles. The average molecular weight is 345 g/mol. The number of para-hydroxylation sites is 2. The lowest BCUT2D eigenvalue weighted by Crippen LogP contribution is -2.14. The molecular weight excluding hydrogens is 329 g/mol. The summed E-state index contributed by atoms with van der Waals surface area (Å²) in [7, 11) is 0. The summed E-state index contributed by atoms with van der Waals surface area (Å²) in [6, 6.07) is 15.4. The van der Waals surface area contributed by atoms with Gasteiger partial charge in [-0.05, 0) is 24.3 Å². The second kappa shape index (κ2) is 7.49. The van der Waals surface area contributed by atoms with Crippen LogP contribution in [-0.4, -0.2) is 10.5 Å².